The number of ether oxygens (including phenoxy) is 1. The molecule has 6 nitrogen and oxygen atoms in total. The Morgan fingerprint density at radius 2 is 1.79 bits per heavy atom. The van der Waals surface area contributed by atoms with Crippen LogP contribution < -0.4 is 10.5 Å². The number of benzene rings is 1. The first kappa shape index (κ1) is 18.3. The van der Waals surface area contributed by atoms with Crippen molar-refractivity contribution in [2.75, 3.05) is 33.3 Å². The number of carbonyl (C=O) groups is 2. The number of carbonyl (C=O) groups excluding carboxylic acids is 2. The fourth-order valence-electron chi connectivity index (χ4n) is 2.74. The minimum atomic E-state index is -0.468. The highest BCUT2D eigenvalue weighted by atomic mass is 16.5. The fourth-order valence-corrected chi connectivity index (χ4v) is 2.74. The van der Waals surface area contributed by atoms with E-state index >= 15 is 0 Å². The number of nitrogens with two attached hydrogens (primary N) is 1. The smallest absolute Gasteiger partial charge is 0.239 e. The highest BCUT2D eigenvalue weighted by Gasteiger charge is 2.28. The largest absolute Gasteiger partial charge is 0.497 e. The Bertz CT molecular complexity index is 581. The third kappa shape index (κ3) is 4.47. The Morgan fingerprint density at radius 3 is 2.38 bits per heavy atom. The van der Waals surface area contributed by atoms with Crippen LogP contribution in [0.3, 0.4) is 0 Å². The van der Waals surface area contributed by atoms with Crippen molar-refractivity contribution in [1.82, 2.24) is 9.80 Å². The summed E-state index contributed by atoms with van der Waals surface area (Å²) in [6.45, 7) is 6.08. The zero-order chi connectivity index (χ0) is 17.7. The lowest BCUT2D eigenvalue weighted by Crippen LogP contribution is -2.55. The van der Waals surface area contributed by atoms with Gasteiger partial charge in [-0.2, -0.15) is 0 Å². The topological polar surface area (TPSA) is 75.9 Å². The molecule has 0 unspecified atom stereocenters. The average molecular weight is 333 g/mol. The number of amides is 2. The molecule has 2 rings (SSSR count). The third-order valence-electron chi connectivity index (χ3n) is 4.44. The molecule has 2 N–H and O–H groups in total. The summed E-state index contributed by atoms with van der Waals surface area (Å²) >= 11 is 0. The highest BCUT2D eigenvalue weighted by Crippen LogP contribution is 2.15. The lowest BCUT2D eigenvalue weighted by atomic mass is 10.0. The quantitative estimate of drug-likeness (QED) is 0.868. The van der Waals surface area contributed by atoms with E-state index in [-0.39, 0.29) is 17.7 Å². The van der Waals surface area contributed by atoms with Crippen LogP contribution in [0.15, 0.2) is 24.3 Å². The lowest BCUT2D eigenvalue weighted by molar-refractivity contribution is -0.140. The average Bonchev–Trinajstić information content (AvgIpc) is 2.60. The molecule has 132 valence electrons. The highest BCUT2D eigenvalue weighted by molar-refractivity contribution is 5.83. The number of hydrogen-bond donors (Lipinski definition) is 1. The van der Waals surface area contributed by atoms with Crippen LogP contribution in [-0.4, -0.2) is 60.9 Å². The van der Waals surface area contributed by atoms with Gasteiger partial charge in [-0.25, -0.2) is 0 Å². The molecule has 0 aromatic heterocycles. The molecule has 0 bridgehead atoms. The number of nitrogens with zero attached hydrogens (tertiary/aromatic N) is 2. The molecule has 0 spiro atoms. The van der Waals surface area contributed by atoms with Crippen LogP contribution in [0, 0.1) is 5.92 Å². The molecule has 1 aliphatic heterocycles. The van der Waals surface area contributed by atoms with Gasteiger partial charge in [-0.1, -0.05) is 26.0 Å². The first-order chi connectivity index (χ1) is 11.4. The van der Waals surface area contributed by atoms with Crippen molar-refractivity contribution in [3.8, 4) is 5.75 Å². The minimum absolute atomic E-state index is 0.0232. The summed E-state index contributed by atoms with van der Waals surface area (Å²) in [5.74, 6) is 0.914. The molecule has 1 aromatic carbocycles. The van der Waals surface area contributed by atoms with Gasteiger partial charge in [0.15, 0.2) is 0 Å². The van der Waals surface area contributed by atoms with Crippen molar-refractivity contribution in [2.24, 2.45) is 11.7 Å². The zero-order valence-electron chi connectivity index (χ0n) is 14.7. The van der Waals surface area contributed by atoms with Crippen molar-refractivity contribution in [3.05, 3.63) is 29.8 Å². The van der Waals surface area contributed by atoms with E-state index in [4.69, 9.17) is 10.5 Å². The fraction of sp³-hybridized carbons (Fsp3) is 0.556. The molecule has 0 saturated carbocycles. The van der Waals surface area contributed by atoms with Gasteiger partial charge in [-0.15, -0.1) is 0 Å². The van der Waals surface area contributed by atoms with Gasteiger partial charge in [0.25, 0.3) is 0 Å². The summed E-state index contributed by atoms with van der Waals surface area (Å²) in [7, 11) is 1.61. The molecule has 24 heavy (non-hydrogen) atoms. The van der Waals surface area contributed by atoms with E-state index in [9.17, 15) is 9.59 Å². The molecule has 1 aliphatic rings. The van der Waals surface area contributed by atoms with Crippen LogP contribution >= 0.6 is 0 Å². The minimum Gasteiger partial charge on any atom is -0.497 e. The molecule has 0 radical (unpaired) electrons. The van der Waals surface area contributed by atoms with Crippen LogP contribution in [-0.2, 0) is 16.0 Å². The summed E-state index contributed by atoms with van der Waals surface area (Å²) in [5, 5.41) is 0. The predicted octanol–water partition coefficient (Wildman–Crippen LogP) is 0.892. The molecule has 6 heteroatoms. The standard InChI is InChI=1S/C18H27N3O3/c1-13(2)17(19)18(23)21-9-7-20(8-10-21)16(22)12-14-5-4-6-15(11-14)24-3/h4-6,11,13,17H,7-10,12,19H2,1-3H3/t17-/m0/s1. The Hall–Kier alpha value is -2.08. The van der Waals surface area contributed by atoms with Crippen LogP contribution in [0.5, 0.6) is 5.75 Å². The summed E-state index contributed by atoms with van der Waals surface area (Å²) in [4.78, 5) is 28.3. The third-order valence-corrected chi connectivity index (χ3v) is 4.44. The monoisotopic (exact) mass is 333 g/mol. The van der Waals surface area contributed by atoms with Crippen molar-refractivity contribution in [3.63, 3.8) is 0 Å². The van der Waals surface area contributed by atoms with Crippen LogP contribution in [0.2, 0.25) is 0 Å². The van der Waals surface area contributed by atoms with E-state index in [0.29, 0.717) is 32.6 Å². The van der Waals surface area contributed by atoms with Gasteiger partial charge >= 0.3 is 0 Å². The maximum atomic E-state index is 12.4. The number of rotatable bonds is 5. The molecule has 2 amide bonds. The number of hydrogen-bond acceptors (Lipinski definition) is 4. The zero-order valence-corrected chi connectivity index (χ0v) is 14.7. The van der Waals surface area contributed by atoms with Gasteiger partial charge in [0.1, 0.15) is 5.75 Å². The van der Waals surface area contributed by atoms with Gasteiger partial charge in [0.2, 0.25) is 11.8 Å². The van der Waals surface area contributed by atoms with E-state index < -0.39 is 6.04 Å². The van der Waals surface area contributed by atoms with Crippen molar-refractivity contribution < 1.29 is 14.3 Å². The SMILES string of the molecule is COc1cccc(CC(=O)N2CCN(C(=O)[C@@H](N)C(C)C)CC2)c1. The van der Waals surface area contributed by atoms with E-state index in [1.807, 2.05) is 43.0 Å². The van der Waals surface area contributed by atoms with E-state index in [0.717, 1.165) is 11.3 Å². The van der Waals surface area contributed by atoms with Gasteiger partial charge in [0.05, 0.1) is 19.6 Å². The second-order valence-corrected chi connectivity index (χ2v) is 6.50. The van der Waals surface area contributed by atoms with Crippen molar-refractivity contribution in [2.45, 2.75) is 26.3 Å². The number of methoxy groups -OCH3 is 1. The van der Waals surface area contributed by atoms with Crippen molar-refractivity contribution in [1.29, 1.82) is 0 Å². The van der Waals surface area contributed by atoms with Gasteiger partial charge in [-0.3, -0.25) is 9.59 Å². The van der Waals surface area contributed by atoms with Crippen LogP contribution in [0.25, 0.3) is 0 Å². The van der Waals surface area contributed by atoms with E-state index in [1.165, 1.54) is 0 Å². The molecular formula is C18H27N3O3. The second-order valence-electron chi connectivity index (χ2n) is 6.50. The summed E-state index contributed by atoms with van der Waals surface area (Å²) in [6, 6.07) is 7.06. The van der Waals surface area contributed by atoms with Crippen LogP contribution in [0.4, 0.5) is 0 Å². The molecule has 1 saturated heterocycles. The van der Waals surface area contributed by atoms with Crippen LogP contribution in [0.1, 0.15) is 19.4 Å². The Kier molecular flexibility index (Phi) is 6.20. The normalized spacial score (nSPS) is 16.2. The maximum Gasteiger partial charge on any atom is 0.239 e. The Morgan fingerprint density at radius 1 is 1.17 bits per heavy atom. The second kappa shape index (κ2) is 8.15. The molecule has 1 atom stereocenters. The predicted molar refractivity (Wildman–Crippen MR) is 92.7 cm³/mol. The molecule has 1 fully saturated rings. The van der Waals surface area contributed by atoms with E-state index in [1.54, 1.807) is 12.0 Å². The molecule has 0 aliphatic carbocycles. The van der Waals surface area contributed by atoms with Gasteiger partial charge < -0.3 is 20.3 Å². The summed E-state index contributed by atoms with van der Waals surface area (Å²) in [6.07, 6.45) is 0.344. The molecule has 1 aromatic rings. The van der Waals surface area contributed by atoms with Gasteiger partial charge in [0, 0.05) is 26.2 Å². The maximum absolute atomic E-state index is 12.4. The van der Waals surface area contributed by atoms with E-state index in [2.05, 4.69) is 0 Å². The Balaban J connectivity index is 1.87. The molecule has 1 heterocycles. The Labute approximate surface area is 143 Å². The summed E-state index contributed by atoms with van der Waals surface area (Å²) in [5.41, 5.74) is 6.86. The van der Waals surface area contributed by atoms with Gasteiger partial charge in [-0.05, 0) is 23.6 Å². The first-order valence-corrected chi connectivity index (χ1v) is 8.37. The summed E-state index contributed by atoms with van der Waals surface area (Å²) < 4.78 is 5.18. The van der Waals surface area contributed by atoms with Crippen molar-refractivity contribution >= 4 is 11.8 Å². The molecular weight excluding hydrogens is 306 g/mol. The lowest BCUT2D eigenvalue weighted by Gasteiger charge is -2.36. The number of piperazine rings is 1. The first-order valence-electron chi connectivity index (χ1n) is 8.37.